The number of hydrogen-bond acceptors (Lipinski definition) is 2. The van der Waals surface area contributed by atoms with Gasteiger partial charge in [-0.25, -0.2) is 4.39 Å². The van der Waals surface area contributed by atoms with Crippen molar-refractivity contribution in [2.75, 3.05) is 0 Å². The average Bonchev–Trinajstić information content (AvgIpc) is 2.17. The molecule has 2 nitrogen and oxygen atoms in total. The van der Waals surface area contributed by atoms with E-state index in [0.717, 1.165) is 0 Å². The quantitative estimate of drug-likeness (QED) is 0.673. The van der Waals surface area contributed by atoms with Gasteiger partial charge in [0.2, 0.25) is 0 Å². The van der Waals surface area contributed by atoms with E-state index >= 15 is 0 Å². The Labute approximate surface area is 94.4 Å². The summed E-state index contributed by atoms with van der Waals surface area (Å²) in [5.74, 6) is 0.0585. The van der Waals surface area contributed by atoms with E-state index in [2.05, 4.69) is 0 Å². The zero-order valence-corrected chi connectivity index (χ0v) is 9.71. The molecule has 1 heterocycles. The molecule has 0 saturated carbocycles. The molecule has 0 N–H and O–H groups in total. The highest BCUT2D eigenvalue weighted by Gasteiger charge is 2.34. The van der Waals surface area contributed by atoms with Gasteiger partial charge in [0.1, 0.15) is 17.7 Å². The Morgan fingerprint density at radius 2 is 2.06 bits per heavy atom. The van der Waals surface area contributed by atoms with Crippen molar-refractivity contribution < 1.29 is 13.9 Å². The van der Waals surface area contributed by atoms with Crippen LogP contribution in [-0.2, 0) is 0 Å². The molecule has 1 aromatic rings. The predicted molar refractivity (Wildman–Crippen MR) is 59.2 cm³/mol. The molecule has 0 bridgehead atoms. The van der Waals surface area contributed by atoms with Crippen LogP contribution in [-0.4, -0.2) is 11.9 Å². The number of Topliss-reactive ketones (excluding diaryl/α,β-unsaturated/α-hetero) is 1. The van der Waals surface area contributed by atoms with Gasteiger partial charge in [-0.1, -0.05) is 20.8 Å². The fourth-order valence-corrected chi connectivity index (χ4v) is 1.78. The highest BCUT2D eigenvalue weighted by molar-refractivity contribution is 5.99. The lowest BCUT2D eigenvalue weighted by molar-refractivity contribution is 0.0543. The van der Waals surface area contributed by atoms with Crippen LogP contribution >= 0.6 is 0 Å². The summed E-state index contributed by atoms with van der Waals surface area (Å²) in [5, 5.41) is 0. The van der Waals surface area contributed by atoms with E-state index in [1.165, 1.54) is 18.2 Å². The first kappa shape index (κ1) is 11.1. The SMILES string of the molecule is CC(C)(C)C1CC(=O)c2cc(F)ccc2O1. The van der Waals surface area contributed by atoms with Gasteiger partial charge in [0.25, 0.3) is 0 Å². The second-order valence-corrected chi connectivity index (χ2v) is 5.24. The molecule has 3 heteroatoms. The summed E-state index contributed by atoms with van der Waals surface area (Å²) < 4.78 is 18.7. The van der Waals surface area contributed by atoms with Crippen LogP contribution in [0.1, 0.15) is 37.6 Å². The lowest BCUT2D eigenvalue weighted by Gasteiger charge is -2.34. The summed E-state index contributed by atoms with van der Waals surface area (Å²) in [4.78, 5) is 11.8. The number of halogens is 1. The first-order valence-electron chi connectivity index (χ1n) is 5.37. The Bertz CT molecular complexity index is 432. The van der Waals surface area contributed by atoms with Gasteiger partial charge in [-0.15, -0.1) is 0 Å². The summed E-state index contributed by atoms with van der Waals surface area (Å²) >= 11 is 0. The van der Waals surface area contributed by atoms with E-state index < -0.39 is 5.82 Å². The van der Waals surface area contributed by atoms with Crippen molar-refractivity contribution in [1.82, 2.24) is 0 Å². The molecule has 2 rings (SSSR count). The third-order valence-corrected chi connectivity index (χ3v) is 2.85. The van der Waals surface area contributed by atoms with Crippen molar-refractivity contribution in [3.63, 3.8) is 0 Å². The van der Waals surface area contributed by atoms with Gasteiger partial charge in [-0.3, -0.25) is 4.79 Å². The molecule has 0 fully saturated rings. The maximum Gasteiger partial charge on any atom is 0.170 e. The van der Waals surface area contributed by atoms with E-state index in [1.807, 2.05) is 20.8 Å². The average molecular weight is 222 g/mol. The summed E-state index contributed by atoms with van der Waals surface area (Å²) in [6.45, 7) is 6.08. The van der Waals surface area contributed by atoms with Gasteiger partial charge in [0.15, 0.2) is 5.78 Å². The maximum atomic E-state index is 13.0. The molecule has 16 heavy (non-hydrogen) atoms. The fraction of sp³-hybridized carbons (Fsp3) is 0.462. The second kappa shape index (κ2) is 3.58. The summed E-state index contributed by atoms with van der Waals surface area (Å²) in [7, 11) is 0. The van der Waals surface area contributed by atoms with E-state index in [0.29, 0.717) is 17.7 Å². The molecule has 0 spiro atoms. The lowest BCUT2D eigenvalue weighted by atomic mass is 9.83. The van der Waals surface area contributed by atoms with Gasteiger partial charge in [0, 0.05) is 6.42 Å². The molecule has 1 aliphatic heterocycles. The molecule has 0 aromatic heterocycles. The Balaban J connectivity index is 2.38. The zero-order chi connectivity index (χ0) is 11.9. The number of benzene rings is 1. The largest absolute Gasteiger partial charge is 0.489 e. The van der Waals surface area contributed by atoms with E-state index in [1.54, 1.807) is 0 Å². The highest BCUT2D eigenvalue weighted by atomic mass is 19.1. The number of rotatable bonds is 0. The monoisotopic (exact) mass is 222 g/mol. The van der Waals surface area contributed by atoms with Crippen LogP contribution in [0.4, 0.5) is 4.39 Å². The minimum Gasteiger partial charge on any atom is -0.489 e. The molecule has 0 radical (unpaired) electrons. The number of hydrogen-bond donors (Lipinski definition) is 0. The molecular formula is C13H15FO2. The summed E-state index contributed by atoms with van der Waals surface area (Å²) in [6, 6.07) is 4.09. The van der Waals surface area contributed by atoms with Crippen LogP contribution in [0, 0.1) is 11.2 Å². The smallest absolute Gasteiger partial charge is 0.170 e. The minimum atomic E-state index is -0.398. The topological polar surface area (TPSA) is 26.3 Å². The summed E-state index contributed by atoms with van der Waals surface area (Å²) in [6.07, 6.45) is 0.179. The standard InChI is InChI=1S/C13H15FO2/c1-13(2,3)12-7-10(15)9-6-8(14)4-5-11(9)16-12/h4-6,12H,7H2,1-3H3. The van der Waals surface area contributed by atoms with E-state index in [-0.39, 0.29) is 17.3 Å². The van der Waals surface area contributed by atoms with E-state index in [4.69, 9.17) is 4.74 Å². The molecular weight excluding hydrogens is 207 g/mol. The van der Waals surface area contributed by atoms with Crippen LogP contribution in [0.2, 0.25) is 0 Å². The van der Waals surface area contributed by atoms with Crippen LogP contribution in [0.5, 0.6) is 5.75 Å². The number of carbonyl (C=O) groups excluding carboxylic acids is 1. The lowest BCUT2D eigenvalue weighted by Crippen LogP contribution is -2.37. The van der Waals surface area contributed by atoms with Crippen LogP contribution < -0.4 is 4.74 Å². The van der Waals surface area contributed by atoms with Crippen LogP contribution in [0.3, 0.4) is 0 Å². The third-order valence-electron chi connectivity index (χ3n) is 2.85. The molecule has 1 aromatic carbocycles. The van der Waals surface area contributed by atoms with Crippen LogP contribution in [0.15, 0.2) is 18.2 Å². The molecule has 0 saturated heterocycles. The first-order chi connectivity index (χ1) is 7.38. The van der Waals surface area contributed by atoms with E-state index in [9.17, 15) is 9.18 Å². The van der Waals surface area contributed by atoms with Gasteiger partial charge in [0.05, 0.1) is 5.56 Å². The molecule has 86 valence electrons. The van der Waals surface area contributed by atoms with Crippen molar-refractivity contribution >= 4 is 5.78 Å². The number of ketones is 1. The Hall–Kier alpha value is -1.38. The number of fused-ring (bicyclic) bond motifs is 1. The maximum absolute atomic E-state index is 13.0. The zero-order valence-electron chi connectivity index (χ0n) is 9.71. The Kier molecular flexibility index (Phi) is 2.49. The van der Waals surface area contributed by atoms with Crippen molar-refractivity contribution in [3.8, 4) is 5.75 Å². The van der Waals surface area contributed by atoms with Gasteiger partial charge < -0.3 is 4.74 Å². The molecule has 1 atom stereocenters. The van der Waals surface area contributed by atoms with Crippen molar-refractivity contribution in [2.45, 2.75) is 33.3 Å². The van der Waals surface area contributed by atoms with Gasteiger partial charge >= 0.3 is 0 Å². The normalized spacial score (nSPS) is 20.2. The van der Waals surface area contributed by atoms with Crippen LogP contribution in [0.25, 0.3) is 0 Å². The van der Waals surface area contributed by atoms with Gasteiger partial charge in [-0.2, -0.15) is 0 Å². The minimum absolute atomic E-state index is 0.0410. The second-order valence-electron chi connectivity index (χ2n) is 5.24. The number of carbonyl (C=O) groups is 1. The summed E-state index contributed by atoms with van der Waals surface area (Å²) in [5.41, 5.74) is 0.266. The first-order valence-corrected chi connectivity index (χ1v) is 5.37. The van der Waals surface area contributed by atoms with Crippen molar-refractivity contribution in [1.29, 1.82) is 0 Å². The highest BCUT2D eigenvalue weighted by Crippen LogP contribution is 2.35. The molecule has 1 aliphatic rings. The third kappa shape index (κ3) is 1.94. The molecule has 0 aliphatic carbocycles. The van der Waals surface area contributed by atoms with Gasteiger partial charge in [-0.05, 0) is 23.6 Å². The van der Waals surface area contributed by atoms with Crippen molar-refractivity contribution in [3.05, 3.63) is 29.6 Å². The fourth-order valence-electron chi connectivity index (χ4n) is 1.78. The Morgan fingerprint density at radius 1 is 1.38 bits per heavy atom. The molecule has 0 amide bonds. The predicted octanol–water partition coefficient (Wildman–Crippen LogP) is 3.21. The molecule has 1 unspecified atom stereocenters. The number of ether oxygens (including phenoxy) is 1. The van der Waals surface area contributed by atoms with Crippen molar-refractivity contribution in [2.24, 2.45) is 5.41 Å². The Morgan fingerprint density at radius 3 is 2.69 bits per heavy atom.